The van der Waals surface area contributed by atoms with Crippen LogP contribution in [-0.2, 0) is 20.9 Å². The van der Waals surface area contributed by atoms with E-state index in [0.29, 0.717) is 45.2 Å². The number of nitrogens with one attached hydrogen (secondary N) is 2. The highest BCUT2D eigenvalue weighted by atomic mass is 16.6. The summed E-state index contributed by atoms with van der Waals surface area (Å²) in [5.74, 6) is -0.0310. The quantitative estimate of drug-likeness (QED) is 0.162. The van der Waals surface area contributed by atoms with E-state index < -0.39 is 34.4 Å². The van der Waals surface area contributed by atoms with Crippen LogP contribution in [0.25, 0.3) is 0 Å². The summed E-state index contributed by atoms with van der Waals surface area (Å²) in [5.41, 5.74) is 1.39. The average molecular weight is 709 g/mol. The lowest BCUT2D eigenvalue weighted by atomic mass is 9.33. The number of Topliss-reactive ketones (excluding diaryl/α,β-unsaturated/α-hetero) is 2. The van der Waals surface area contributed by atoms with Crippen LogP contribution in [0.3, 0.4) is 0 Å². The normalized spacial score (nSPS) is 38.5. The first-order valence-electron chi connectivity index (χ1n) is 19.4. The molecule has 5 aliphatic rings. The van der Waals surface area contributed by atoms with Gasteiger partial charge in [0.15, 0.2) is 5.78 Å². The number of fused-ring (bicyclic) bond motifs is 5. The first kappa shape index (κ1) is 38.6. The summed E-state index contributed by atoms with van der Waals surface area (Å²) < 4.78 is 5.76. The second-order valence-corrected chi connectivity index (χ2v) is 18.7. The Morgan fingerprint density at radius 2 is 1.71 bits per heavy atom. The van der Waals surface area contributed by atoms with Crippen LogP contribution >= 0.6 is 0 Å². The van der Waals surface area contributed by atoms with Gasteiger partial charge in [-0.1, -0.05) is 46.3 Å². The third kappa shape index (κ3) is 6.16. The molecule has 1 saturated heterocycles. The van der Waals surface area contributed by atoms with Crippen LogP contribution in [0.4, 0.5) is 0 Å². The first-order valence-corrected chi connectivity index (χ1v) is 19.4. The van der Waals surface area contributed by atoms with Crippen LogP contribution in [0.15, 0.2) is 29.3 Å². The molecule has 6 rings (SSSR count). The average Bonchev–Trinajstić information content (AvgIpc) is 3.57. The van der Waals surface area contributed by atoms with E-state index in [1.807, 2.05) is 20.9 Å². The standard InChI is InChI=1S/C42H64N2O7/c1-23(14-31(48)37-39(5,6)51-37)34-29-10-11-33-40(7)18-28(26-15-25(22-43-9)16-27(47)17-26)36(50)38(3,4)35(40)30(44-21-24(2)46)19-42(33,12-13-45)41(29,8)20-32(34)49/h15-17,23-24,28,30-31,33,35,37,43-48H,10-14,18-22H2,1-9H3/t23-,24+,28+,30+,31-,33+,35+,37+,40-,41+,42+/m1/s1. The molecule has 0 bridgehead atoms. The zero-order valence-corrected chi connectivity index (χ0v) is 32.4. The third-order valence-electron chi connectivity index (χ3n) is 14.6. The summed E-state index contributed by atoms with van der Waals surface area (Å²) in [5, 5.41) is 50.3. The largest absolute Gasteiger partial charge is 0.508 e. The fourth-order valence-electron chi connectivity index (χ4n) is 12.8. The fraction of sp³-hybridized carbons (Fsp3) is 0.762. The Hall–Kier alpha value is -2.14. The van der Waals surface area contributed by atoms with Gasteiger partial charge in [-0.05, 0) is 124 Å². The Kier molecular flexibility index (Phi) is 10.1. The maximum Gasteiger partial charge on any atom is 0.159 e. The van der Waals surface area contributed by atoms with E-state index in [0.717, 1.165) is 29.5 Å². The predicted molar refractivity (Wildman–Crippen MR) is 197 cm³/mol. The summed E-state index contributed by atoms with van der Waals surface area (Å²) in [6.07, 6.45) is 2.80. The molecule has 6 N–H and O–H groups in total. The molecular weight excluding hydrogens is 644 g/mol. The van der Waals surface area contributed by atoms with Crippen LogP contribution < -0.4 is 10.6 Å². The zero-order chi connectivity index (χ0) is 37.5. The summed E-state index contributed by atoms with van der Waals surface area (Å²) >= 11 is 0. The molecule has 0 amide bonds. The topological polar surface area (TPSA) is 152 Å². The van der Waals surface area contributed by atoms with Crippen molar-refractivity contribution in [1.29, 1.82) is 0 Å². The Bertz CT molecular complexity index is 1570. The maximum atomic E-state index is 14.8. The van der Waals surface area contributed by atoms with Gasteiger partial charge in [-0.25, -0.2) is 0 Å². The number of aromatic hydroxyl groups is 1. The molecule has 284 valence electrons. The number of epoxide rings is 1. The molecule has 0 spiro atoms. The highest BCUT2D eigenvalue weighted by Gasteiger charge is 2.72. The summed E-state index contributed by atoms with van der Waals surface area (Å²) in [7, 11) is 1.87. The molecule has 11 atom stereocenters. The van der Waals surface area contributed by atoms with Crippen molar-refractivity contribution in [2.75, 3.05) is 20.2 Å². The van der Waals surface area contributed by atoms with Crippen molar-refractivity contribution in [3.8, 4) is 5.75 Å². The molecule has 0 radical (unpaired) electrons. The molecule has 51 heavy (non-hydrogen) atoms. The molecule has 9 heteroatoms. The number of aliphatic hydroxyl groups excluding tert-OH is 3. The molecule has 0 unspecified atom stereocenters. The van der Waals surface area contributed by atoms with Crippen LogP contribution in [0.1, 0.15) is 117 Å². The number of carbonyl (C=O) groups excluding carboxylic acids is 2. The van der Waals surface area contributed by atoms with Crippen molar-refractivity contribution in [3.63, 3.8) is 0 Å². The van der Waals surface area contributed by atoms with E-state index in [1.54, 1.807) is 19.1 Å². The van der Waals surface area contributed by atoms with Gasteiger partial charge in [0.1, 0.15) is 17.6 Å². The number of hydrogen-bond donors (Lipinski definition) is 6. The minimum atomic E-state index is -0.731. The predicted octanol–water partition coefficient (Wildman–Crippen LogP) is 5.18. The molecule has 1 aromatic rings. The number of rotatable bonds is 12. The van der Waals surface area contributed by atoms with Gasteiger partial charge < -0.3 is 35.8 Å². The van der Waals surface area contributed by atoms with E-state index in [4.69, 9.17) is 4.74 Å². The van der Waals surface area contributed by atoms with Crippen molar-refractivity contribution in [2.24, 2.45) is 39.4 Å². The van der Waals surface area contributed by atoms with E-state index in [2.05, 4.69) is 51.3 Å². The number of ether oxygens (including phenoxy) is 1. The second kappa shape index (κ2) is 13.3. The van der Waals surface area contributed by atoms with Crippen molar-refractivity contribution in [1.82, 2.24) is 10.6 Å². The summed E-state index contributed by atoms with van der Waals surface area (Å²) in [6.45, 7) is 17.5. The number of phenolic OH excluding ortho intramolecular Hbond substituents is 1. The number of carbonyl (C=O) groups is 2. The minimum Gasteiger partial charge on any atom is -0.508 e. The van der Waals surface area contributed by atoms with Crippen molar-refractivity contribution in [2.45, 2.75) is 143 Å². The number of phenols is 1. The monoisotopic (exact) mass is 708 g/mol. The third-order valence-corrected chi connectivity index (χ3v) is 14.6. The molecule has 3 saturated carbocycles. The second-order valence-electron chi connectivity index (χ2n) is 18.7. The smallest absolute Gasteiger partial charge is 0.159 e. The van der Waals surface area contributed by atoms with Gasteiger partial charge in [0.25, 0.3) is 0 Å². The van der Waals surface area contributed by atoms with Crippen LogP contribution in [0.5, 0.6) is 5.75 Å². The highest BCUT2D eigenvalue weighted by molar-refractivity contribution is 6.00. The van der Waals surface area contributed by atoms with Crippen molar-refractivity contribution < 1.29 is 34.8 Å². The van der Waals surface area contributed by atoms with Gasteiger partial charge in [0.2, 0.25) is 0 Å². The first-order chi connectivity index (χ1) is 23.8. The Morgan fingerprint density at radius 3 is 2.31 bits per heavy atom. The molecule has 9 nitrogen and oxygen atoms in total. The molecule has 1 aromatic carbocycles. The van der Waals surface area contributed by atoms with E-state index >= 15 is 0 Å². The molecule has 1 aliphatic heterocycles. The van der Waals surface area contributed by atoms with E-state index in [1.165, 1.54) is 5.57 Å². The van der Waals surface area contributed by atoms with Crippen molar-refractivity contribution >= 4 is 11.6 Å². The SMILES string of the molecule is CNCc1cc(O)cc([C@@H]2C[C@@]3(C)[C@@H]([C@@H](NC[C@H](C)O)C[C@@]4(CCO)[C@H]3CCC3=C([C@H](C)C[C@@H](O)[C@@H]5OC5(C)C)C(=O)C[C@@]34C)C(C)(C)C2=O)c1. The number of ketones is 2. The molecule has 4 aliphatic carbocycles. The van der Waals surface area contributed by atoms with Gasteiger partial charge >= 0.3 is 0 Å². The van der Waals surface area contributed by atoms with Gasteiger partial charge in [-0.3, -0.25) is 9.59 Å². The van der Waals surface area contributed by atoms with Gasteiger partial charge in [-0.2, -0.15) is 0 Å². The molecular formula is C42H64N2O7. The molecule has 1 heterocycles. The minimum absolute atomic E-state index is 0.0131. The van der Waals surface area contributed by atoms with Gasteiger partial charge in [0, 0.05) is 48.9 Å². The number of aliphatic hydroxyl groups is 3. The van der Waals surface area contributed by atoms with Gasteiger partial charge in [0.05, 0.1) is 17.8 Å². The van der Waals surface area contributed by atoms with Gasteiger partial charge in [-0.15, -0.1) is 0 Å². The summed E-state index contributed by atoms with van der Waals surface area (Å²) in [6, 6.07) is 5.41. The highest BCUT2D eigenvalue weighted by Crippen LogP contribution is 2.76. The number of benzene rings is 1. The Morgan fingerprint density at radius 1 is 1.02 bits per heavy atom. The summed E-state index contributed by atoms with van der Waals surface area (Å²) in [4.78, 5) is 29.1. The lowest BCUT2D eigenvalue weighted by Gasteiger charge is -2.71. The maximum absolute atomic E-state index is 14.8. The molecule has 4 fully saturated rings. The number of hydrogen-bond acceptors (Lipinski definition) is 9. The fourth-order valence-corrected chi connectivity index (χ4v) is 12.8. The lowest BCUT2D eigenvalue weighted by molar-refractivity contribution is -0.203. The van der Waals surface area contributed by atoms with E-state index in [-0.39, 0.29) is 64.8 Å². The van der Waals surface area contributed by atoms with Crippen LogP contribution in [-0.4, -0.2) is 82.1 Å². The Balaban J connectivity index is 1.47. The van der Waals surface area contributed by atoms with Crippen molar-refractivity contribution in [3.05, 3.63) is 40.5 Å². The van der Waals surface area contributed by atoms with E-state index in [9.17, 15) is 30.0 Å². The van der Waals surface area contributed by atoms with Crippen LogP contribution in [0.2, 0.25) is 0 Å². The lowest BCUT2D eigenvalue weighted by Crippen LogP contribution is -2.70. The van der Waals surface area contributed by atoms with Crippen LogP contribution in [0, 0.1) is 39.4 Å². The number of allylic oxidation sites excluding steroid dienone is 2. The zero-order valence-electron chi connectivity index (χ0n) is 32.4. The Labute approximate surface area is 305 Å². The molecule has 0 aromatic heterocycles.